The molecule has 1 unspecified atom stereocenters. The highest BCUT2D eigenvalue weighted by Crippen LogP contribution is 2.27. The van der Waals surface area contributed by atoms with Crippen LogP contribution in [-0.4, -0.2) is 43.7 Å². The van der Waals surface area contributed by atoms with Crippen LogP contribution in [0.4, 0.5) is 5.69 Å². The Labute approximate surface area is 208 Å². The Morgan fingerprint density at radius 1 is 0.914 bits per heavy atom. The zero-order valence-corrected chi connectivity index (χ0v) is 20.8. The summed E-state index contributed by atoms with van der Waals surface area (Å²) in [7, 11) is 2.97. The number of nitrogens with one attached hydrogen (secondary N) is 1. The van der Waals surface area contributed by atoms with Crippen molar-refractivity contribution in [2.75, 3.05) is 25.3 Å². The van der Waals surface area contributed by atoms with E-state index in [0.29, 0.717) is 22.1 Å². The number of aryl methyl sites for hydroxylation is 1. The molecule has 0 saturated carbocycles. The van der Waals surface area contributed by atoms with Gasteiger partial charge in [-0.3, -0.25) is 9.59 Å². The number of benzene rings is 3. The minimum Gasteiger partial charge on any atom is -0.497 e. The summed E-state index contributed by atoms with van der Waals surface area (Å²) in [6.45, 7) is 3.48. The fourth-order valence-corrected chi connectivity index (χ4v) is 4.08. The lowest BCUT2D eigenvalue weighted by atomic mass is 10.1. The molecular weight excluding hydrogens is 466 g/mol. The molecule has 0 spiro atoms. The number of carbonyl (C=O) groups is 3. The van der Waals surface area contributed by atoms with E-state index in [1.165, 1.54) is 32.9 Å². The quantitative estimate of drug-likeness (QED) is 0.237. The van der Waals surface area contributed by atoms with Gasteiger partial charge in [0.1, 0.15) is 11.5 Å². The highest BCUT2D eigenvalue weighted by atomic mass is 32.2. The van der Waals surface area contributed by atoms with Gasteiger partial charge in [-0.05, 0) is 50.2 Å². The number of Topliss-reactive ketones (excluding diaryl/α,β-unsaturated/α-hetero) is 1. The van der Waals surface area contributed by atoms with Crippen molar-refractivity contribution in [3.05, 3.63) is 83.4 Å². The van der Waals surface area contributed by atoms with Gasteiger partial charge in [0.05, 0.1) is 31.1 Å². The molecule has 7 nitrogen and oxygen atoms in total. The number of methoxy groups -OCH3 is 2. The van der Waals surface area contributed by atoms with Gasteiger partial charge in [-0.1, -0.05) is 29.8 Å². The maximum absolute atomic E-state index is 12.9. The predicted octanol–water partition coefficient (Wildman–Crippen LogP) is 5.17. The third-order valence-corrected chi connectivity index (χ3v) is 6.20. The van der Waals surface area contributed by atoms with E-state index in [1.807, 2.05) is 31.2 Å². The molecular formula is C27H27NO6S. The van der Waals surface area contributed by atoms with Crippen LogP contribution in [0.15, 0.2) is 71.6 Å². The Balaban J connectivity index is 1.65. The number of hydrogen-bond donors (Lipinski definition) is 1. The van der Waals surface area contributed by atoms with Crippen LogP contribution >= 0.6 is 11.8 Å². The largest absolute Gasteiger partial charge is 0.497 e. The third kappa shape index (κ3) is 6.86. The van der Waals surface area contributed by atoms with Crippen LogP contribution in [-0.2, 0) is 9.53 Å². The zero-order chi connectivity index (χ0) is 25.4. The fraction of sp³-hybridized carbons (Fsp3) is 0.222. The average molecular weight is 494 g/mol. The van der Waals surface area contributed by atoms with Crippen LogP contribution in [0.25, 0.3) is 0 Å². The first-order chi connectivity index (χ1) is 16.8. The number of amides is 1. The van der Waals surface area contributed by atoms with Gasteiger partial charge in [-0.15, -0.1) is 11.8 Å². The van der Waals surface area contributed by atoms with Crippen molar-refractivity contribution in [2.45, 2.75) is 24.8 Å². The minimum absolute atomic E-state index is 0.107. The van der Waals surface area contributed by atoms with Gasteiger partial charge in [0.25, 0.3) is 0 Å². The number of hydrogen-bond acceptors (Lipinski definition) is 7. The molecule has 0 fully saturated rings. The van der Waals surface area contributed by atoms with Crippen molar-refractivity contribution in [2.24, 2.45) is 0 Å². The van der Waals surface area contributed by atoms with Crippen LogP contribution in [0, 0.1) is 6.92 Å². The molecule has 0 saturated heterocycles. The molecule has 182 valence electrons. The van der Waals surface area contributed by atoms with E-state index in [0.717, 1.165) is 5.56 Å². The molecule has 0 radical (unpaired) electrons. The Hall–Kier alpha value is -3.78. The van der Waals surface area contributed by atoms with Crippen LogP contribution < -0.4 is 14.8 Å². The molecule has 0 heterocycles. The summed E-state index contributed by atoms with van der Waals surface area (Å²) in [6.07, 6.45) is -1.05. The molecule has 8 heteroatoms. The SMILES string of the molecule is COc1ccc(C(=O)C(C)OC(=O)c2ccccc2SCC(=O)Nc2ccc(C)cc2)c(OC)c1. The number of rotatable bonds is 10. The lowest BCUT2D eigenvalue weighted by Crippen LogP contribution is -2.25. The van der Waals surface area contributed by atoms with Gasteiger partial charge in [-0.2, -0.15) is 0 Å². The second kappa shape index (κ2) is 12.1. The summed E-state index contributed by atoms with van der Waals surface area (Å²) in [4.78, 5) is 38.8. The van der Waals surface area contributed by atoms with Crippen LogP contribution in [0.1, 0.15) is 33.2 Å². The van der Waals surface area contributed by atoms with E-state index in [2.05, 4.69) is 5.32 Å². The Morgan fingerprint density at radius 3 is 2.31 bits per heavy atom. The summed E-state index contributed by atoms with van der Waals surface area (Å²) in [5.41, 5.74) is 2.36. The first-order valence-corrected chi connectivity index (χ1v) is 11.9. The number of anilines is 1. The smallest absolute Gasteiger partial charge is 0.339 e. The van der Waals surface area contributed by atoms with Gasteiger partial charge in [-0.25, -0.2) is 4.79 Å². The molecule has 0 aliphatic rings. The van der Waals surface area contributed by atoms with Crippen molar-refractivity contribution in [1.29, 1.82) is 0 Å². The van der Waals surface area contributed by atoms with E-state index < -0.39 is 17.9 Å². The monoisotopic (exact) mass is 493 g/mol. The van der Waals surface area contributed by atoms with E-state index in [1.54, 1.807) is 42.5 Å². The van der Waals surface area contributed by atoms with Crippen molar-refractivity contribution in [3.63, 3.8) is 0 Å². The molecule has 0 aliphatic heterocycles. The second-order valence-electron chi connectivity index (χ2n) is 7.68. The van der Waals surface area contributed by atoms with Crippen molar-refractivity contribution in [3.8, 4) is 11.5 Å². The molecule has 0 aromatic heterocycles. The predicted molar refractivity (Wildman–Crippen MR) is 136 cm³/mol. The molecule has 0 aliphatic carbocycles. The summed E-state index contributed by atoms with van der Waals surface area (Å²) in [5, 5.41) is 2.83. The lowest BCUT2D eigenvalue weighted by Gasteiger charge is -2.16. The number of thioether (sulfide) groups is 1. The van der Waals surface area contributed by atoms with Crippen molar-refractivity contribution < 1.29 is 28.6 Å². The summed E-state index contributed by atoms with van der Waals surface area (Å²) in [5.74, 6) is -0.276. The maximum atomic E-state index is 12.9. The van der Waals surface area contributed by atoms with E-state index in [-0.39, 0.29) is 22.8 Å². The maximum Gasteiger partial charge on any atom is 0.339 e. The Morgan fingerprint density at radius 2 is 1.63 bits per heavy atom. The highest BCUT2D eigenvalue weighted by Gasteiger charge is 2.25. The summed E-state index contributed by atoms with van der Waals surface area (Å²) >= 11 is 1.22. The first-order valence-electron chi connectivity index (χ1n) is 10.9. The van der Waals surface area contributed by atoms with Gasteiger partial charge in [0.15, 0.2) is 6.10 Å². The molecule has 35 heavy (non-hydrogen) atoms. The highest BCUT2D eigenvalue weighted by molar-refractivity contribution is 8.00. The minimum atomic E-state index is -1.05. The lowest BCUT2D eigenvalue weighted by molar-refractivity contribution is -0.113. The number of ketones is 1. The zero-order valence-electron chi connectivity index (χ0n) is 20.0. The molecule has 3 rings (SSSR count). The van der Waals surface area contributed by atoms with Gasteiger partial charge < -0.3 is 19.5 Å². The van der Waals surface area contributed by atoms with Crippen LogP contribution in [0.3, 0.4) is 0 Å². The molecule has 0 bridgehead atoms. The molecule has 3 aromatic rings. The molecule has 1 N–H and O–H groups in total. The second-order valence-corrected chi connectivity index (χ2v) is 8.69. The molecule has 1 amide bonds. The number of esters is 1. The van der Waals surface area contributed by atoms with Crippen LogP contribution in [0.5, 0.6) is 11.5 Å². The Bertz CT molecular complexity index is 1210. The topological polar surface area (TPSA) is 90.9 Å². The van der Waals surface area contributed by atoms with Crippen LogP contribution in [0.2, 0.25) is 0 Å². The third-order valence-electron chi connectivity index (χ3n) is 5.13. The molecule has 1 atom stereocenters. The standard InChI is InChI=1S/C27H27NO6S/c1-17-9-11-19(12-10-17)28-25(29)16-35-24-8-6-5-7-22(24)27(31)34-18(2)26(30)21-14-13-20(32-3)15-23(21)33-4/h5-15,18H,16H2,1-4H3,(H,28,29). The Kier molecular flexibility index (Phi) is 8.92. The number of carbonyl (C=O) groups excluding carboxylic acids is 3. The first kappa shape index (κ1) is 25.8. The number of ether oxygens (including phenoxy) is 3. The van der Waals surface area contributed by atoms with E-state index in [9.17, 15) is 14.4 Å². The fourth-order valence-electron chi connectivity index (χ4n) is 3.24. The van der Waals surface area contributed by atoms with Crippen molar-refractivity contribution >= 4 is 35.1 Å². The van der Waals surface area contributed by atoms with E-state index >= 15 is 0 Å². The summed E-state index contributed by atoms with van der Waals surface area (Å²) < 4.78 is 15.9. The van der Waals surface area contributed by atoms with E-state index in [4.69, 9.17) is 14.2 Å². The average Bonchev–Trinajstić information content (AvgIpc) is 2.88. The summed E-state index contributed by atoms with van der Waals surface area (Å²) in [6, 6.07) is 19.1. The van der Waals surface area contributed by atoms with Gasteiger partial charge in [0, 0.05) is 16.6 Å². The van der Waals surface area contributed by atoms with Crippen molar-refractivity contribution in [1.82, 2.24) is 0 Å². The normalized spacial score (nSPS) is 11.3. The van der Waals surface area contributed by atoms with Gasteiger partial charge in [0.2, 0.25) is 11.7 Å². The molecule has 3 aromatic carbocycles. The van der Waals surface area contributed by atoms with Gasteiger partial charge >= 0.3 is 5.97 Å².